The minimum absolute atomic E-state index is 0.0144. The number of aliphatic carboxylic acids is 1. The Balaban J connectivity index is 2.15. The molecule has 0 aliphatic rings. The highest BCUT2D eigenvalue weighted by Crippen LogP contribution is 2.37. The number of thiophene rings is 1. The molecule has 0 aliphatic heterocycles. The Hall–Kier alpha value is -0.730. The largest absolute Gasteiger partial charge is 0.481 e. The molecule has 0 spiro atoms. The van der Waals surface area contributed by atoms with Crippen LogP contribution >= 0.6 is 43.2 Å². The van der Waals surface area contributed by atoms with Gasteiger partial charge in [-0.15, -0.1) is 21.5 Å². The Bertz CT molecular complexity index is 533. The average Bonchev–Trinajstić information content (AvgIpc) is 2.84. The van der Waals surface area contributed by atoms with Gasteiger partial charge in [-0.3, -0.25) is 4.79 Å². The fourth-order valence-electron chi connectivity index (χ4n) is 1.12. The molecule has 0 saturated heterocycles. The number of aryl methyl sites for hydroxylation is 1. The van der Waals surface area contributed by atoms with Crippen molar-refractivity contribution in [1.29, 1.82) is 0 Å². The molecule has 0 atom stereocenters. The van der Waals surface area contributed by atoms with Crippen LogP contribution < -0.4 is 0 Å². The third-order valence-corrected chi connectivity index (χ3v) is 5.12. The van der Waals surface area contributed by atoms with Crippen LogP contribution in [-0.2, 0) is 11.2 Å². The number of halogens is 2. The summed E-state index contributed by atoms with van der Waals surface area (Å²) in [5.74, 6) is -0.142. The number of carboxylic acid groups (broad SMARTS) is 1. The summed E-state index contributed by atoms with van der Waals surface area (Å²) in [6, 6.07) is 1.86. The van der Waals surface area contributed by atoms with E-state index in [2.05, 4.69) is 42.1 Å². The summed E-state index contributed by atoms with van der Waals surface area (Å²) >= 11 is 8.20. The SMILES string of the molecule is O=C(O)CCc1nnc(-c2cc(Br)c(Br)s2)o1. The lowest BCUT2D eigenvalue weighted by molar-refractivity contribution is -0.137. The molecular formula is C9H6Br2N2O3S. The third kappa shape index (κ3) is 3.14. The van der Waals surface area contributed by atoms with Gasteiger partial charge in [0.2, 0.25) is 5.89 Å². The van der Waals surface area contributed by atoms with Crippen LogP contribution in [0.15, 0.2) is 18.7 Å². The zero-order valence-electron chi connectivity index (χ0n) is 8.31. The van der Waals surface area contributed by atoms with Gasteiger partial charge >= 0.3 is 5.97 Å². The van der Waals surface area contributed by atoms with E-state index in [1.807, 2.05) is 6.07 Å². The maximum atomic E-state index is 10.4. The van der Waals surface area contributed by atoms with Crippen LogP contribution in [0.5, 0.6) is 0 Å². The summed E-state index contributed by atoms with van der Waals surface area (Å²) in [5.41, 5.74) is 0. The number of rotatable bonds is 4. The summed E-state index contributed by atoms with van der Waals surface area (Å²) < 4.78 is 7.23. The van der Waals surface area contributed by atoms with Crippen LogP contribution in [0.25, 0.3) is 10.8 Å². The van der Waals surface area contributed by atoms with Gasteiger partial charge in [0.15, 0.2) is 0 Å². The highest BCUT2D eigenvalue weighted by atomic mass is 79.9. The molecule has 0 saturated carbocycles. The lowest BCUT2D eigenvalue weighted by Crippen LogP contribution is -1.97. The third-order valence-electron chi connectivity index (χ3n) is 1.88. The van der Waals surface area contributed by atoms with Crippen molar-refractivity contribution < 1.29 is 14.3 Å². The van der Waals surface area contributed by atoms with E-state index in [0.717, 1.165) is 13.1 Å². The van der Waals surface area contributed by atoms with Gasteiger partial charge in [0, 0.05) is 10.9 Å². The van der Waals surface area contributed by atoms with Gasteiger partial charge in [-0.25, -0.2) is 0 Å². The molecule has 1 N–H and O–H groups in total. The normalized spacial score (nSPS) is 10.7. The van der Waals surface area contributed by atoms with Crippen LogP contribution in [0, 0.1) is 0 Å². The zero-order chi connectivity index (χ0) is 12.4. The van der Waals surface area contributed by atoms with E-state index >= 15 is 0 Å². The van der Waals surface area contributed by atoms with E-state index in [0.29, 0.717) is 11.8 Å². The van der Waals surface area contributed by atoms with E-state index in [1.165, 1.54) is 11.3 Å². The summed E-state index contributed by atoms with van der Waals surface area (Å²) in [6.45, 7) is 0. The minimum atomic E-state index is -0.883. The number of hydrogen-bond acceptors (Lipinski definition) is 5. The first kappa shape index (κ1) is 12.7. The second-order valence-corrected chi connectivity index (χ2v) is 6.35. The van der Waals surface area contributed by atoms with Gasteiger partial charge in [-0.05, 0) is 37.9 Å². The van der Waals surface area contributed by atoms with Crippen LogP contribution in [0.4, 0.5) is 0 Å². The second-order valence-electron chi connectivity index (χ2n) is 3.13. The maximum Gasteiger partial charge on any atom is 0.303 e. The van der Waals surface area contributed by atoms with E-state index in [4.69, 9.17) is 9.52 Å². The molecule has 2 rings (SSSR count). The Morgan fingerprint density at radius 2 is 2.24 bits per heavy atom. The number of hydrogen-bond donors (Lipinski definition) is 1. The summed E-state index contributed by atoms with van der Waals surface area (Å²) in [6.07, 6.45) is 0.232. The minimum Gasteiger partial charge on any atom is -0.481 e. The van der Waals surface area contributed by atoms with Gasteiger partial charge < -0.3 is 9.52 Å². The molecule has 17 heavy (non-hydrogen) atoms. The molecule has 0 amide bonds. The number of nitrogens with zero attached hydrogens (tertiary/aromatic N) is 2. The highest BCUT2D eigenvalue weighted by molar-refractivity contribution is 9.13. The highest BCUT2D eigenvalue weighted by Gasteiger charge is 2.13. The first-order valence-corrected chi connectivity index (χ1v) is 6.96. The predicted octanol–water partition coefficient (Wildman–Crippen LogP) is 3.34. The zero-order valence-corrected chi connectivity index (χ0v) is 12.3. The van der Waals surface area contributed by atoms with E-state index in [9.17, 15) is 4.79 Å². The summed E-state index contributed by atoms with van der Waals surface area (Å²) in [4.78, 5) is 11.2. The Morgan fingerprint density at radius 3 is 2.82 bits per heavy atom. The van der Waals surface area contributed by atoms with E-state index in [-0.39, 0.29) is 12.8 Å². The Labute approximate surface area is 117 Å². The van der Waals surface area contributed by atoms with Crippen molar-refractivity contribution in [3.05, 3.63) is 20.2 Å². The first-order valence-electron chi connectivity index (χ1n) is 4.55. The van der Waals surface area contributed by atoms with Crippen LogP contribution in [0.3, 0.4) is 0 Å². The van der Waals surface area contributed by atoms with Crippen LogP contribution in [0.2, 0.25) is 0 Å². The van der Waals surface area contributed by atoms with Crippen molar-refractivity contribution in [2.45, 2.75) is 12.8 Å². The van der Waals surface area contributed by atoms with Crippen molar-refractivity contribution in [2.75, 3.05) is 0 Å². The van der Waals surface area contributed by atoms with Crippen LogP contribution in [0.1, 0.15) is 12.3 Å². The Morgan fingerprint density at radius 1 is 1.47 bits per heavy atom. The predicted molar refractivity (Wildman–Crippen MR) is 69.0 cm³/mol. The smallest absolute Gasteiger partial charge is 0.303 e. The molecular weight excluding hydrogens is 376 g/mol. The first-order chi connectivity index (χ1) is 8.06. The lowest BCUT2D eigenvalue weighted by Gasteiger charge is -1.89. The summed E-state index contributed by atoms with van der Waals surface area (Å²) in [5, 5.41) is 16.2. The Kier molecular flexibility index (Phi) is 3.95. The van der Waals surface area contributed by atoms with Crippen molar-refractivity contribution in [3.8, 4) is 10.8 Å². The van der Waals surface area contributed by atoms with Gasteiger partial charge in [-0.2, -0.15) is 0 Å². The lowest BCUT2D eigenvalue weighted by atomic mass is 10.3. The fourth-order valence-corrected chi connectivity index (χ4v) is 3.08. The van der Waals surface area contributed by atoms with Crippen molar-refractivity contribution >= 4 is 49.2 Å². The van der Waals surface area contributed by atoms with Gasteiger partial charge in [0.25, 0.3) is 5.89 Å². The number of aromatic nitrogens is 2. The molecule has 0 radical (unpaired) electrons. The molecule has 0 fully saturated rings. The molecule has 0 aromatic carbocycles. The van der Waals surface area contributed by atoms with Gasteiger partial charge in [-0.1, -0.05) is 0 Å². The molecule has 2 aromatic rings. The average molecular weight is 382 g/mol. The van der Waals surface area contributed by atoms with Crippen LogP contribution in [-0.4, -0.2) is 21.3 Å². The van der Waals surface area contributed by atoms with Gasteiger partial charge in [0.1, 0.15) is 0 Å². The number of carboxylic acids is 1. The molecule has 0 unspecified atom stereocenters. The molecule has 0 aliphatic carbocycles. The molecule has 2 heterocycles. The standard InChI is InChI=1S/C9H6Br2N2O3S/c10-4-3-5(17-8(4)11)9-13-12-6(16-9)1-2-7(14)15/h3H,1-2H2,(H,14,15). The molecule has 5 nitrogen and oxygen atoms in total. The van der Waals surface area contributed by atoms with Gasteiger partial charge in [0.05, 0.1) is 15.1 Å². The maximum absolute atomic E-state index is 10.4. The molecule has 90 valence electrons. The monoisotopic (exact) mass is 380 g/mol. The van der Waals surface area contributed by atoms with Crippen molar-refractivity contribution in [1.82, 2.24) is 10.2 Å². The molecule has 2 aromatic heterocycles. The fraction of sp³-hybridized carbons (Fsp3) is 0.222. The van der Waals surface area contributed by atoms with E-state index in [1.54, 1.807) is 0 Å². The number of carbonyl (C=O) groups is 1. The topological polar surface area (TPSA) is 76.2 Å². The van der Waals surface area contributed by atoms with E-state index < -0.39 is 5.97 Å². The quantitative estimate of drug-likeness (QED) is 0.878. The molecule has 8 heteroatoms. The molecule has 0 bridgehead atoms. The van der Waals surface area contributed by atoms with Crippen molar-refractivity contribution in [2.24, 2.45) is 0 Å². The summed E-state index contributed by atoms with van der Waals surface area (Å²) in [7, 11) is 0. The van der Waals surface area contributed by atoms with Crippen molar-refractivity contribution in [3.63, 3.8) is 0 Å². The second kappa shape index (κ2) is 5.28.